The highest BCUT2D eigenvalue weighted by Crippen LogP contribution is 2.26. The maximum atomic E-state index is 5.76. The van der Waals surface area contributed by atoms with Crippen molar-refractivity contribution in [1.29, 1.82) is 0 Å². The van der Waals surface area contributed by atoms with Crippen molar-refractivity contribution in [2.45, 2.75) is 52.0 Å². The minimum Gasteiger partial charge on any atom is -0.370 e. The van der Waals surface area contributed by atoms with E-state index in [9.17, 15) is 0 Å². The number of aromatic nitrogens is 2. The van der Waals surface area contributed by atoms with E-state index in [-0.39, 0.29) is 0 Å². The van der Waals surface area contributed by atoms with E-state index in [2.05, 4.69) is 27.5 Å². The van der Waals surface area contributed by atoms with Gasteiger partial charge in [0.15, 0.2) is 0 Å². The van der Waals surface area contributed by atoms with E-state index in [0.717, 1.165) is 18.2 Å². The van der Waals surface area contributed by atoms with Gasteiger partial charge in [0, 0.05) is 18.7 Å². The fourth-order valence-electron chi connectivity index (χ4n) is 2.71. The molecule has 5 nitrogen and oxygen atoms in total. The summed E-state index contributed by atoms with van der Waals surface area (Å²) in [4.78, 5) is 8.46. The van der Waals surface area contributed by atoms with Gasteiger partial charge in [0.1, 0.15) is 11.6 Å². The SMILES string of the molecule is CCNc1cc(NC2CCCCCC2C)nc(N)n1. The Morgan fingerprint density at radius 1 is 1.21 bits per heavy atom. The molecule has 0 radical (unpaired) electrons. The van der Waals surface area contributed by atoms with Gasteiger partial charge in [-0.15, -0.1) is 0 Å². The van der Waals surface area contributed by atoms with E-state index in [1.54, 1.807) is 0 Å². The molecule has 0 aliphatic heterocycles. The van der Waals surface area contributed by atoms with Gasteiger partial charge in [0.2, 0.25) is 5.95 Å². The minimum atomic E-state index is 0.322. The third-order valence-electron chi connectivity index (χ3n) is 3.80. The summed E-state index contributed by atoms with van der Waals surface area (Å²) in [6.07, 6.45) is 6.48. The molecule has 1 fully saturated rings. The molecule has 5 heteroatoms. The highest BCUT2D eigenvalue weighted by Gasteiger charge is 2.20. The van der Waals surface area contributed by atoms with Crippen LogP contribution in [0.2, 0.25) is 0 Å². The van der Waals surface area contributed by atoms with Crippen LogP contribution in [0.1, 0.15) is 46.0 Å². The highest BCUT2D eigenvalue weighted by atomic mass is 15.1. The molecule has 1 heterocycles. The van der Waals surface area contributed by atoms with Gasteiger partial charge in [-0.1, -0.05) is 26.2 Å². The van der Waals surface area contributed by atoms with Gasteiger partial charge >= 0.3 is 0 Å². The Bertz CT molecular complexity index is 407. The molecule has 0 amide bonds. The summed E-state index contributed by atoms with van der Waals surface area (Å²) in [6, 6.07) is 2.43. The predicted molar refractivity (Wildman–Crippen MR) is 80.3 cm³/mol. The van der Waals surface area contributed by atoms with Crippen molar-refractivity contribution in [3.8, 4) is 0 Å². The van der Waals surface area contributed by atoms with Crippen molar-refractivity contribution in [1.82, 2.24) is 9.97 Å². The molecule has 19 heavy (non-hydrogen) atoms. The molecule has 1 aromatic heterocycles. The van der Waals surface area contributed by atoms with Crippen LogP contribution in [0.25, 0.3) is 0 Å². The fraction of sp³-hybridized carbons (Fsp3) is 0.714. The lowest BCUT2D eigenvalue weighted by Crippen LogP contribution is -2.27. The van der Waals surface area contributed by atoms with E-state index < -0.39 is 0 Å². The van der Waals surface area contributed by atoms with E-state index in [4.69, 9.17) is 5.73 Å². The number of anilines is 3. The summed E-state index contributed by atoms with van der Waals surface area (Å²) in [6.45, 7) is 5.19. The molecule has 0 spiro atoms. The maximum absolute atomic E-state index is 5.76. The number of hydrogen-bond donors (Lipinski definition) is 3. The van der Waals surface area contributed by atoms with Crippen LogP contribution in [-0.2, 0) is 0 Å². The first-order valence-electron chi connectivity index (χ1n) is 7.34. The predicted octanol–water partition coefficient (Wildman–Crippen LogP) is 2.87. The van der Waals surface area contributed by atoms with Crippen LogP contribution in [0.3, 0.4) is 0 Å². The largest absolute Gasteiger partial charge is 0.370 e. The normalized spacial score (nSPS) is 23.7. The van der Waals surface area contributed by atoms with Crippen molar-refractivity contribution < 1.29 is 0 Å². The van der Waals surface area contributed by atoms with Crippen LogP contribution in [0.15, 0.2) is 6.07 Å². The highest BCUT2D eigenvalue weighted by molar-refractivity contribution is 5.51. The molecule has 0 saturated heterocycles. The number of nitrogens with zero attached hydrogens (tertiary/aromatic N) is 2. The number of nitrogens with one attached hydrogen (secondary N) is 2. The molecule has 1 aliphatic carbocycles. The zero-order valence-electron chi connectivity index (χ0n) is 11.9. The first kappa shape index (κ1) is 13.9. The van der Waals surface area contributed by atoms with Gasteiger partial charge in [-0.3, -0.25) is 0 Å². The zero-order valence-corrected chi connectivity index (χ0v) is 11.9. The fourth-order valence-corrected chi connectivity index (χ4v) is 2.71. The van der Waals surface area contributed by atoms with Gasteiger partial charge < -0.3 is 16.4 Å². The summed E-state index contributed by atoms with van der Waals surface area (Å²) in [7, 11) is 0. The molecular formula is C14H25N5. The van der Waals surface area contributed by atoms with Gasteiger partial charge in [-0.05, 0) is 25.7 Å². The van der Waals surface area contributed by atoms with E-state index in [0.29, 0.717) is 17.9 Å². The zero-order chi connectivity index (χ0) is 13.7. The Kier molecular flexibility index (Phi) is 4.82. The summed E-state index contributed by atoms with van der Waals surface area (Å²) < 4.78 is 0. The second-order valence-corrected chi connectivity index (χ2v) is 5.39. The average Bonchev–Trinajstić information content (AvgIpc) is 2.55. The Morgan fingerprint density at radius 3 is 2.74 bits per heavy atom. The van der Waals surface area contributed by atoms with Crippen LogP contribution >= 0.6 is 0 Å². The number of rotatable bonds is 4. The Hall–Kier alpha value is -1.52. The molecule has 4 N–H and O–H groups in total. The van der Waals surface area contributed by atoms with Crippen LogP contribution in [-0.4, -0.2) is 22.6 Å². The lowest BCUT2D eigenvalue weighted by Gasteiger charge is -2.23. The van der Waals surface area contributed by atoms with Gasteiger partial charge in [-0.2, -0.15) is 9.97 Å². The summed E-state index contributed by atoms with van der Waals surface area (Å²) in [5.41, 5.74) is 5.76. The third kappa shape index (κ3) is 3.98. The molecule has 2 rings (SSSR count). The van der Waals surface area contributed by atoms with Gasteiger partial charge in [0.25, 0.3) is 0 Å². The van der Waals surface area contributed by atoms with Crippen LogP contribution in [0, 0.1) is 5.92 Å². The summed E-state index contributed by atoms with van der Waals surface area (Å²) in [5, 5.41) is 6.72. The molecule has 0 aromatic carbocycles. The lowest BCUT2D eigenvalue weighted by molar-refractivity contribution is 0.455. The van der Waals surface area contributed by atoms with E-state index in [1.165, 1.54) is 32.1 Å². The Balaban J connectivity index is 2.08. The van der Waals surface area contributed by atoms with Crippen molar-refractivity contribution in [2.75, 3.05) is 22.9 Å². The molecule has 2 unspecified atom stereocenters. The van der Waals surface area contributed by atoms with Crippen molar-refractivity contribution in [3.63, 3.8) is 0 Å². The second kappa shape index (κ2) is 6.59. The summed E-state index contributed by atoms with van der Waals surface area (Å²) in [5.74, 6) is 2.63. The Morgan fingerprint density at radius 2 is 1.95 bits per heavy atom. The second-order valence-electron chi connectivity index (χ2n) is 5.39. The quantitative estimate of drug-likeness (QED) is 0.728. The van der Waals surface area contributed by atoms with E-state index >= 15 is 0 Å². The molecule has 106 valence electrons. The van der Waals surface area contributed by atoms with Crippen molar-refractivity contribution in [2.24, 2.45) is 5.92 Å². The minimum absolute atomic E-state index is 0.322. The molecule has 1 saturated carbocycles. The molecule has 1 aromatic rings. The topological polar surface area (TPSA) is 75.9 Å². The standard InChI is InChI=1S/C14H25N5/c1-3-16-12-9-13(19-14(15)18-12)17-11-8-6-4-5-7-10(11)2/h9-11H,3-8H2,1-2H3,(H4,15,16,17,18,19). The van der Waals surface area contributed by atoms with Crippen LogP contribution in [0.5, 0.6) is 0 Å². The number of hydrogen-bond acceptors (Lipinski definition) is 5. The monoisotopic (exact) mass is 263 g/mol. The third-order valence-corrected chi connectivity index (χ3v) is 3.80. The average molecular weight is 263 g/mol. The maximum Gasteiger partial charge on any atom is 0.223 e. The van der Waals surface area contributed by atoms with Crippen molar-refractivity contribution in [3.05, 3.63) is 6.07 Å². The number of nitrogens with two attached hydrogens (primary N) is 1. The Labute approximate surface area is 115 Å². The molecule has 0 bridgehead atoms. The van der Waals surface area contributed by atoms with Crippen LogP contribution in [0.4, 0.5) is 17.6 Å². The van der Waals surface area contributed by atoms with Gasteiger partial charge in [-0.25, -0.2) is 0 Å². The first-order valence-corrected chi connectivity index (χ1v) is 7.34. The summed E-state index contributed by atoms with van der Waals surface area (Å²) >= 11 is 0. The van der Waals surface area contributed by atoms with Crippen LogP contribution < -0.4 is 16.4 Å². The molecule has 1 aliphatic rings. The molecular weight excluding hydrogens is 238 g/mol. The lowest BCUT2D eigenvalue weighted by atomic mass is 9.97. The van der Waals surface area contributed by atoms with E-state index in [1.807, 2.05) is 13.0 Å². The van der Waals surface area contributed by atoms with Gasteiger partial charge in [0.05, 0.1) is 0 Å². The first-order chi connectivity index (χ1) is 9.19. The number of nitrogen functional groups attached to an aromatic ring is 1. The smallest absolute Gasteiger partial charge is 0.223 e. The molecule has 2 atom stereocenters. The van der Waals surface area contributed by atoms with Crippen molar-refractivity contribution >= 4 is 17.6 Å².